The van der Waals surface area contributed by atoms with E-state index in [4.69, 9.17) is 5.73 Å². The molecule has 1 aliphatic rings. The molecule has 1 aromatic carbocycles. The summed E-state index contributed by atoms with van der Waals surface area (Å²) in [6.45, 7) is 0. The van der Waals surface area contributed by atoms with Crippen LogP contribution < -0.4 is 5.73 Å². The van der Waals surface area contributed by atoms with Crippen LogP contribution in [-0.2, 0) is 0 Å². The van der Waals surface area contributed by atoms with Gasteiger partial charge in [-0.1, -0.05) is 0 Å². The van der Waals surface area contributed by atoms with Gasteiger partial charge in [-0.15, -0.1) is 10.2 Å². The number of benzene rings is 1. The first kappa shape index (κ1) is 8.47. The third kappa shape index (κ3) is 1.48. The molecule has 4 nitrogen and oxygen atoms in total. The minimum absolute atomic E-state index is 0.604. The fourth-order valence-corrected chi connectivity index (χ4v) is 1.70. The first-order chi connectivity index (χ1) is 7.34. The first-order valence-corrected chi connectivity index (χ1v) is 5.10. The maximum absolute atomic E-state index is 5.65. The highest BCUT2D eigenvalue weighted by Crippen LogP contribution is 2.37. The van der Waals surface area contributed by atoms with E-state index >= 15 is 0 Å². The van der Waals surface area contributed by atoms with E-state index in [2.05, 4.69) is 14.8 Å². The van der Waals surface area contributed by atoms with Gasteiger partial charge in [0.2, 0.25) is 0 Å². The number of hydrogen-bond donors (Lipinski definition) is 1. The van der Waals surface area contributed by atoms with E-state index in [1.54, 1.807) is 0 Å². The van der Waals surface area contributed by atoms with Gasteiger partial charge in [-0.3, -0.25) is 0 Å². The number of hydrogen-bond acceptors (Lipinski definition) is 3. The molecule has 0 aliphatic heterocycles. The summed E-state index contributed by atoms with van der Waals surface area (Å²) in [5.41, 5.74) is 7.50. The summed E-state index contributed by atoms with van der Waals surface area (Å²) in [6, 6.07) is 8.35. The molecule has 76 valence electrons. The molecule has 1 heterocycles. The van der Waals surface area contributed by atoms with E-state index in [0.29, 0.717) is 6.04 Å². The molecular formula is C11H12N4. The van der Waals surface area contributed by atoms with E-state index in [-0.39, 0.29) is 0 Å². The molecule has 15 heavy (non-hydrogen) atoms. The first-order valence-electron chi connectivity index (χ1n) is 5.10. The molecule has 0 spiro atoms. The van der Waals surface area contributed by atoms with Crippen molar-refractivity contribution in [2.45, 2.75) is 18.9 Å². The van der Waals surface area contributed by atoms with Crippen LogP contribution in [0.2, 0.25) is 0 Å². The Balaban J connectivity index is 2.04. The molecule has 1 aromatic heterocycles. The summed E-state index contributed by atoms with van der Waals surface area (Å²) in [7, 11) is 0. The van der Waals surface area contributed by atoms with Crippen LogP contribution in [-0.4, -0.2) is 14.8 Å². The summed E-state index contributed by atoms with van der Waals surface area (Å²) in [6.07, 6.45) is 4.28. The van der Waals surface area contributed by atoms with Crippen LogP contribution in [0.3, 0.4) is 0 Å². The number of nitrogens with zero attached hydrogens (tertiary/aromatic N) is 3. The van der Waals surface area contributed by atoms with Crippen molar-refractivity contribution in [3.8, 4) is 11.4 Å². The van der Waals surface area contributed by atoms with Crippen molar-refractivity contribution < 1.29 is 0 Å². The quantitative estimate of drug-likeness (QED) is 0.753. The number of aromatic nitrogens is 3. The average molecular weight is 200 g/mol. The number of nitrogens with two attached hydrogens (primary N) is 1. The second-order valence-electron chi connectivity index (χ2n) is 3.91. The third-order valence-electron chi connectivity index (χ3n) is 2.68. The second kappa shape index (κ2) is 3.08. The zero-order chi connectivity index (χ0) is 10.3. The number of nitrogen functional groups attached to an aromatic ring is 1. The SMILES string of the molecule is Nc1ccc(-c2nncn2C2CC2)cc1. The van der Waals surface area contributed by atoms with Crippen molar-refractivity contribution in [1.82, 2.24) is 14.8 Å². The summed E-state index contributed by atoms with van der Waals surface area (Å²) in [5.74, 6) is 0.942. The Morgan fingerprint density at radius 3 is 2.60 bits per heavy atom. The zero-order valence-corrected chi connectivity index (χ0v) is 8.30. The zero-order valence-electron chi connectivity index (χ0n) is 8.30. The molecule has 0 amide bonds. The van der Waals surface area contributed by atoms with Crippen LogP contribution in [0.5, 0.6) is 0 Å². The maximum atomic E-state index is 5.65. The fraction of sp³-hybridized carbons (Fsp3) is 0.273. The summed E-state index contributed by atoms with van der Waals surface area (Å²) in [4.78, 5) is 0. The molecule has 0 saturated heterocycles. The van der Waals surface area contributed by atoms with Gasteiger partial charge < -0.3 is 10.3 Å². The van der Waals surface area contributed by atoms with Crippen molar-refractivity contribution in [3.63, 3.8) is 0 Å². The Hall–Kier alpha value is -1.84. The highest BCUT2D eigenvalue weighted by molar-refractivity contribution is 5.58. The van der Waals surface area contributed by atoms with Gasteiger partial charge in [0.1, 0.15) is 6.33 Å². The van der Waals surface area contributed by atoms with Gasteiger partial charge >= 0.3 is 0 Å². The van der Waals surface area contributed by atoms with E-state index < -0.39 is 0 Å². The molecule has 2 aromatic rings. The number of anilines is 1. The lowest BCUT2D eigenvalue weighted by atomic mass is 10.2. The van der Waals surface area contributed by atoms with Crippen LogP contribution in [0.25, 0.3) is 11.4 Å². The molecule has 4 heteroatoms. The topological polar surface area (TPSA) is 56.7 Å². The standard InChI is InChI=1S/C11H12N4/c12-9-3-1-8(2-4-9)11-14-13-7-15(11)10-5-6-10/h1-4,7,10H,5-6,12H2. The predicted molar refractivity (Wildman–Crippen MR) is 58.1 cm³/mol. The Labute approximate surface area is 87.7 Å². The van der Waals surface area contributed by atoms with Gasteiger partial charge in [0.15, 0.2) is 5.82 Å². The Bertz CT molecular complexity index is 468. The van der Waals surface area contributed by atoms with Crippen molar-refractivity contribution in [3.05, 3.63) is 30.6 Å². The average Bonchev–Trinajstić information content (AvgIpc) is 2.98. The smallest absolute Gasteiger partial charge is 0.164 e. The molecule has 0 atom stereocenters. The van der Waals surface area contributed by atoms with E-state index in [0.717, 1.165) is 17.1 Å². The van der Waals surface area contributed by atoms with Gasteiger partial charge in [-0.05, 0) is 37.1 Å². The van der Waals surface area contributed by atoms with Crippen molar-refractivity contribution in [2.75, 3.05) is 5.73 Å². The Morgan fingerprint density at radius 1 is 1.20 bits per heavy atom. The Morgan fingerprint density at radius 2 is 1.93 bits per heavy atom. The number of rotatable bonds is 2. The Kier molecular flexibility index (Phi) is 1.74. The third-order valence-corrected chi connectivity index (χ3v) is 2.68. The largest absolute Gasteiger partial charge is 0.399 e. The van der Waals surface area contributed by atoms with Crippen LogP contribution in [0.15, 0.2) is 30.6 Å². The molecule has 0 unspecified atom stereocenters. The highest BCUT2D eigenvalue weighted by Gasteiger charge is 2.26. The summed E-state index contributed by atoms with van der Waals surface area (Å²) in [5, 5.41) is 8.11. The van der Waals surface area contributed by atoms with Crippen LogP contribution >= 0.6 is 0 Å². The maximum Gasteiger partial charge on any atom is 0.164 e. The monoisotopic (exact) mass is 200 g/mol. The van der Waals surface area contributed by atoms with Crippen LogP contribution in [0.4, 0.5) is 5.69 Å². The van der Waals surface area contributed by atoms with Gasteiger partial charge in [0, 0.05) is 17.3 Å². The lowest BCUT2D eigenvalue weighted by Crippen LogP contribution is -1.96. The predicted octanol–water partition coefficient (Wildman–Crippen LogP) is 1.86. The molecular weight excluding hydrogens is 188 g/mol. The molecule has 2 N–H and O–H groups in total. The van der Waals surface area contributed by atoms with E-state index in [1.807, 2.05) is 30.6 Å². The van der Waals surface area contributed by atoms with Crippen molar-refractivity contribution in [2.24, 2.45) is 0 Å². The molecule has 1 fully saturated rings. The summed E-state index contributed by atoms with van der Waals surface area (Å²) < 4.78 is 2.14. The second-order valence-corrected chi connectivity index (χ2v) is 3.91. The lowest BCUT2D eigenvalue weighted by Gasteiger charge is -2.04. The van der Waals surface area contributed by atoms with Gasteiger partial charge in [-0.25, -0.2) is 0 Å². The minimum Gasteiger partial charge on any atom is -0.399 e. The molecule has 3 rings (SSSR count). The van der Waals surface area contributed by atoms with E-state index in [1.165, 1.54) is 12.8 Å². The van der Waals surface area contributed by atoms with Crippen molar-refractivity contribution in [1.29, 1.82) is 0 Å². The molecule has 0 radical (unpaired) electrons. The summed E-state index contributed by atoms with van der Waals surface area (Å²) >= 11 is 0. The molecule has 1 aliphatic carbocycles. The van der Waals surface area contributed by atoms with Gasteiger partial charge in [0.05, 0.1) is 0 Å². The molecule has 1 saturated carbocycles. The van der Waals surface area contributed by atoms with Gasteiger partial charge in [-0.2, -0.15) is 0 Å². The van der Waals surface area contributed by atoms with E-state index in [9.17, 15) is 0 Å². The van der Waals surface area contributed by atoms with Crippen LogP contribution in [0.1, 0.15) is 18.9 Å². The normalized spacial score (nSPS) is 15.5. The minimum atomic E-state index is 0.604. The van der Waals surface area contributed by atoms with Crippen molar-refractivity contribution >= 4 is 5.69 Å². The van der Waals surface area contributed by atoms with Gasteiger partial charge in [0.25, 0.3) is 0 Å². The molecule has 0 bridgehead atoms. The highest BCUT2D eigenvalue weighted by atomic mass is 15.3. The van der Waals surface area contributed by atoms with Crippen LogP contribution in [0, 0.1) is 0 Å². The fourth-order valence-electron chi connectivity index (χ4n) is 1.70. The lowest BCUT2D eigenvalue weighted by molar-refractivity contribution is 0.746.